The van der Waals surface area contributed by atoms with Gasteiger partial charge in [-0.1, -0.05) is 0 Å². The van der Waals surface area contributed by atoms with Gasteiger partial charge in [-0.05, 0) is 0 Å². The molecule has 1 unspecified atom stereocenters. The number of nitrogens with one attached hydrogen (secondary N) is 2. The number of carbonyl (C=O) groups excluding carboxylic acids is 1. The summed E-state index contributed by atoms with van der Waals surface area (Å²) in [6, 6.07) is -1.70. The first-order valence-electron chi connectivity index (χ1n) is 5.75. The fourth-order valence-electron chi connectivity index (χ4n) is 1.38. The molecule has 4 N–H and O–H groups in total. The third-order valence-corrected chi connectivity index (χ3v) is 2.30. The van der Waals surface area contributed by atoms with E-state index >= 15 is 0 Å². The van der Waals surface area contributed by atoms with E-state index in [0.717, 1.165) is 0 Å². The molecule has 0 aliphatic heterocycles. The first-order chi connectivity index (χ1) is 9.02. The zero-order valence-corrected chi connectivity index (χ0v) is 10.5. The molecule has 0 radical (unpaired) electrons. The van der Waals surface area contributed by atoms with Gasteiger partial charge in [-0.25, -0.2) is 14.6 Å². The lowest BCUT2D eigenvalue weighted by molar-refractivity contribution is -0.139. The molecule has 1 aromatic heterocycles. The molecule has 1 aromatic rings. The minimum Gasteiger partial charge on any atom is -0.480 e. The van der Waals surface area contributed by atoms with Crippen molar-refractivity contribution in [3.63, 3.8) is 0 Å². The molecule has 0 aliphatic rings. The molecule has 0 saturated carbocycles. The van der Waals surface area contributed by atoms with E-state index in [1.807, 2.05) is 0 Å². The van der Waals surface area contributed by atoms with Crippen molar-refractivity contribution in [2.24, 2.45) is 7.05 Å². The number of rotatable bonds is 7. The summed E-state index contributed by atoms with van der Waals surface area (Å²) in [4.78, 5) is 26.1. The molecule has 0 fully saturated rings. The van der Waals surface area contributed by atoms with Gasteiger partial charge in [-0.2, -0.15) is 5.10 Å². The van der Waals surface area contributed by atoms with E-state index in [0.29, 0.717) is 18.8 Å². The highest BCUT2D eigenvalue weighted by atomic mass is 16.4. The molecule has 0 spiro atoms. The number of aryl methyl sites for hydroxylation is 1. The van der Waals surface area contributed by atoms with Gasteiger partial charge in [-0.3, -0.25) is 4.68 Å². The number of urea groups is 1. The van der Waals surface area contributed by atoms with E-state index in [-0.39, 0.29) is 13.0 Å². The molecule has 1 heterocycles. The van der Waals surface area contributed by atoms with Crippen molar-refractivity contribution in [1.82, 2.24) is 25.4 Å². The fourth-order valence-corrected chi connectivity index (χ4v) is 1.38. The van der Waals surface area contributed by atoms with Crippen LogP contribution in [0.25, 0.3) is 0 Å². The van der Waals surface area contributed by atoms with Gasteiger partial charge in [0.1, 0.15) is 12.4 Å². The lowest BCUT2D eigenvalue weighted by Crippen LogP contribution is -2.46. The minimum atomic E-state index is -1.18. The number of carboxylic acid groups (broad SMARTS) is 1. The standard InChI is InChI=1S/C10H17N5O4/c1-15-6-12-8(14-15)2-4-11-10(19)13-7(3-5-16)9(17)18/h6-7,16H,2-5H2,1H3,(H,17,18)(H2,11,13,19). The largest absolute Gasteiger partial charge is 0.480 e. The van der Waals surface area contributed by atoms with Gasteiger partial charge in [0.2, 0.25) is 0 Å². The Morgan fingerprint density at radius 3 is 2.79 bits per heavy atom. The molecular formula is C10H17N5O4. The quantitative estimate of drug-likeness (QED) is 0.477. The Bertz CT molecular complexity index is 433. The fraction of sp³-hybridized carbons (Fsp3) is 0.600. The SMILES string of the molecule is Cn1cnc(CCNC(=O)NC(CCO)C(=O)O)n1. The number of aliphatic hydroxyl groups excluding tert-OH is 1. The Labute approximate surface area is 109 Å². The van der Waals surface area contributed by atoms with Gasteiger partial charge in [0.15, 0.2) is 5.82 Å². The second-order valence-corrected chi connectivity index (χ2v) is 3.89. The summed E-state index contributed by atoms with van der Waals surface area (Å²) in [5, 5.41) is 26.2. The van der Waals surface area contributed by atoms with Crippen molar-refractivity contribution >= 4 is 12.0 Å². The van der Waals surface area contributed by atoms with Crippen molar-refractivity contribution in [2.75, 3.05) is 13.2 Å². The number of amides is 2. The van der Waals surface area contributed by atoms with Crippen molar-refractivity contribution in [3.8, 4) is 0 Å². The van der Waals surface area contributed by atoms with Gasteiger partial charge >= 0.3 is 12.0 Å². The van der Waals surface area contributed by atoms with Gasteiger partial charge in [0.25, 0.3) is 0 Å². The maximum Gasteiger partial charge on any atom is 0.326 e. The summed E-state index contributed by atoms with van der Waals surface area (Å²) in [7, 11) is 1.74. The molecule has 9 heteroatoms. The first-order valence-corrected chi connectivity index (χ1v) is 5.75. The highest BCUT2D eigenvalue weighted by molar-refractivity contribution is 5.82. The van der Waals surface area contributed by atoms with Crippen LogP contribution in [0.5, 0.6) is 0 Å². The van der Waals surface area contributed by atoms with E-state index in [4.69, 9.17) is 10.2 Å². The number of hydrogen-bond acceptors (Lipinski definition) is 5. The number of aliphatic hydroxyl groups is 1. The van der Waals surface area contributed by atoms with Gasteiger partial charge in [0.05, 0.1) is 0 Å². The Morgan fingerprint density at radius 1 is 1.53 bits per heavy atom. The summed E-state index contributed by atoms with van der Waals surface area (Å²) in [6.45, 7) is -0.0174. The summed E-state index contributed by atoms with van der Waals surface area (Å²) in [6.07, 6.45) is 1.97. The number of carbonyl (C=O) groups is 2. The predicted molar refractivity (Wildman–Crippen MR) is 64.4 cm³/mol. The van der Waals surface area contributed by atoms with Crippen LogP contribution < -0.4 is 10.6 Å². The molecular weight excluding hydrogens is 254 g/mol. The zero-order chi connectivity index (χ0) is 14.3. The Kier molecular flexibility index (Phi) is 5.73. The van der Waals surface area contributed by atoms with Crippen LogP contribution in [0.1, 0.15) is 12.2 Å². The van der Waals surface area contributed by atoms with E-state index in [9.17, 15) is 9.59 Å². The second-order valence-electron chi connectivity index (χ2n) is 3.89. The molecule has 19 heavy (non-hydrogen) atoms. The molecule has 0 bridgehead atoms. The van der Waals surface area contributed by atoms with Gasteiger partial charge < -0.3 is 20.8 Å². The highest BCUT2D eigenvalue weighted by Gasteiger charge is 2.18. The highest BCUT2D eigenvalue weighted by Crippen LogP contribution is 1.92. The van der Waals surface area contributed by atoms with E-state index < -0.39 is 18.0 Å². The number of nitrogens with zero attached hydrogens (tertiary/aromatic N) is 3. The van der Waals surface area contributed by atoms with Crippen LogP contribution in [0.2, 0.25) is 0 Å². The van der Waals surface area contributed by atoms with Crippen LogP contribution in [0.15, 0.2) is 6.33 Å². The van der Waals surface area contributed by atoms with E-state index in [1.165, 1.54) is 0 Å². The lowest BCUT2D eigenvalue weighted by atomic mass is 10.2. The van der Waals surface area contributed by atoms with Crippen LogP contribution >= 0.6 is 0 Å². The van der Waals surface area contributed by atoms with E-state index in [1.54, 1.807) is 18.1 Å². The van der Waals surface area contributed by atoms with Crippen molar-refractivity contribution in [2.45, 2.75) is 18.9 Å². The average Bonchev–Trinajstić information content (AvgIpc) is 2.74. The van der Waals surface area contributed by atoms with Gasteiger partial charge in [-0.15, -0.1) is 0 Å². The number of aromatic nitrogens is 3. The van der Waals surface area contributed by atoms with Gasteiger partial charge in [0, 0.05) is 33.0 Å². The summed E-state index contributed by atoms with van der Waals surface area (Å²) < 4.78 is 1.55. The maximum absolute atomic E-state index is 11.4. The summed E-state index contributed by atoms with van der Waals surface area (Å²) >= 11 is 0. The van der Waals surface area contributed by atoms with Crippen LogP contribution in [-0.4, -0.2) is 56.2 Å². The number of hydrogen-bond donors (Lipinski definition) is 4. The van der Waals surface area contributed by atoms with Crippen LogP contribution in [0, 0.1) is 0 Å². The van der Waals surface area contributed by atoms with Crippen LogP contribution in [0.4, 0.5) is 4.79 Å². The summed E-state index contributed by atoms with van der Waals surface area (Å²) in [5.41, 5.74) is 0. The third-order valence-electron chi connectivity index (χ3n) is 2.30. The minimum absolute atomic E-state index is 0.0372. The van der Waals surface area contributed by atoms with Crippen LogP contribution in [-0.2, 0) is 18.3 Å². The molecule has 2 amide bonds. The maximum atomic E-state index is 11.4. The van der Waals surface area contributed by atoms with Crippen molar-refractivity contribution < 1.29 is 19.8 Å². The molecule has 0 aromatic carbocycles. The topological polar surface area (TPSA) is 129 Å². The van der Waals surface area contributed by atoms with Crippen LogP contribution in [0.3, 0.4) is 0 Å². The summed E-state index contributed by atoms with van der Waals surface area (Å²) in [5.74, 6) is -0.594. The molecule has 106 valence electrons. The normalized spacial score (nSPS) is 11.9. The Balaban J connectivity index is 2.28. The number of carboxylic acids is 1. The zero-order valence-electron chi connectivity index (χ0n) is 10.5. The second kappa shape index (κ2) is 7.31. The Morgan fingerprint density at radius 2 is 2.26 bits per heavy atom. The molecule has 1 rings (SSSR count). The third kappa shape index (κ3) is 5.34. The first kappa shape index (κ1) is 14.9. The monoisotopic (exact) mass is 271 g/mol. The van der Waals surface area contributed by atoms with E-state index in [2.05, 4.69) is 20.7 Å². The van der Waals surface area contributed by atoms with Crippen molar-refractivity contribution in [3.05, 3.63) is 12.2 Å². The Hall–Kier alpha value is -2.16. The average molecular weight is 271 g/mol. The molecule has 9 nitrogen and oxygen atoms in total. The smallest absolute Gasteiger partial charge is 0.326 e. The lowest BCUT2D eigenvalue weighted by Gasteiger charge is -2.13. The molecule has 0 aliphatic carbocycles. The van der Waals surface area contributed by atoms with Crippen molar-refractivity contribution in [1.29, 1.82) is 0 Å². The predicted octanol–water partition coefficient (Wildman–Crippen LogP) is -1.51. The molecule has 0 saturated heterocycles. The number of aliphatic carboxylic acids is 1. The molecule has 1 atom stereocenters.